The van der Waals surface area contributed by atoms with Gasteiger partial charge in [-0.05, 0) is 46.9 Å². The van der Waals surface area contributed by atoms with E-state index in [9.17, 15) is 13.2 Å². The van der Waals surface area contributed by atoms with Gasteiger partial charge in [-0.1, -0.05) is 66.2 Å². The van der Waals surface area contributed by atoms with Crippen molar-refractivity contribution >= 4 is 23.0 Å². The maximum atomic E-state index is 12.2. The molecule has 3 aromatic carbocycles. The Hall–Kier alpha value is -2.92. The fourth-order valence-corrected chi connectivity index (χ4v) is 3.62. The van der Waals surface area contributed by atoms with Gasteiger partial charge in [-0.25, -0.2) is 0 Å². The lowest BCUT2D eigenvalue weighted by Crippen LogP contribution is -2.17. The molecule has 3 aromatic rings. The Labute approximate surface area is 171 Å². The summed E-state index contributed by atoms with van der Waals surface area (Å²) in [6.07, 6.45) is -3.38. The number of benzene rings is 3. The SMILES string of the molecule is FC(F)(F)Oc1ccc(Cc2ccc(C3=C(Cl)Cc4ccccc4N3)cc2)cc1. The molecule has 0 spiro atoms. The van der Waals surface area contributed by atoms with Crippen LogP contribution in [0.1, 0.15) is 22.3 Å². The van der Waals surface area contributed by atoms with E-state index in [4.69, 9.17) is 11.6 Å². The Morgan fingerprint density at radius 3 is 2.14 bits per heavy atom. The fourth-order valence-electron chi connectivity index (χ4n) is 3.32. The Kier molecular flexibility index (Phi) is 5.24. The molecule has 0 amide bonds. The number of ether oxygens (including phenoxy) is 1. The lowest BCUT2D eigenvalue weighted by Gasteiger charge is -2.22. The largest absolute Gasteiger partial charge is 0.573 e. The van der Waals surface area contributed by atoms with E-state index in [0.29, 0.717) is 12.8 Å². The number of alkyl halides is 3. The number of hydrogen-bond donors (Lipinski definition) is 1. The molecule has 0 fully saturated rings. The smallest absolute Gasteiger partial charge is 0.406 e. The molecular weight excluding hydrogens is 399 g/mol. The number of rotatable bonds is 4. The van der Waals surface area contributed by atoms with Crippen LogP contribution in [0.15, 0.2) is 77.8 Å². The molecule has 148 valence electrons. The molecule has 1 N–H and O–H groups in total. The molecule has 1 aliphatic heterocycles. The molecule has 0 saturated carbocycles. The predicted octanol–water partition coefficient (Wildman–Crippen LogP) is 6.75. The quantitative estimate of drug-likeness (QED) is 0.508. The first-order valence-corrected chi connectivity index (χ1v) is 9.43. The van der Waals surface area contributed by atoms with Gasteiger partial charge in [0.2, 0.25) is 0 Å². The molecule has 0 atom stereocenters. The highest BCUT2D eigenvalue weighted by molar-refractivity contribution is 6.33. The standard InChI is InChI=1S/C23H17ClF3NO/c24-20-14-18-3-1-2-4-21(18)28-22(20)17-9-5-15(6-10-17)13-16-7-11-19(12-8-16)29-23(25,26)27/h1-12,28H,13-14H2. The van der Waals surface area contributed by atoms with Crippen molar-refractivity contribution in [2.45, 2.75) is 19.2 Å². The first-order chi connectivity index (χ1) is 13.9. The summed E-state index contributed by atoms with van der Waals surface area (Å²) in [5.74, 6) is -0.221. The lowest BCUT2D eigenvalue weighted by atomic mass is 9.99. The van der Waals surface area contributed by atoms with E-state index in [1.165, 1.54) is 12.1 Å². The highest BCUT2D eigenvalue weighted by Crippen LogP contribution is 2.34. The third-order valence-corrected chi connectivity index (χ3v) is 5.02. The average molecular weight is 416 g/mol. The van der Waals surface area contributed by atoms with Crippen molar-refractivity contribution in [2.75, 3.05) is 5.32 Å². The third kappa shape index (κ3) is 4.74. The Morgan fingerprint density at radius 2 is 1.48 bits per heavy atom. The second-order valence-corrected chi connectivity index (χ2v) is 7.26. The summed E-state index contributed by atoms with van der Waals surface area (Å²) < 4.78 is 40.6. The van der Waals surface area contributed by atoms with Gasteiger partial charge in [0, 0.05) is 17.1 Å². The zero-order valence-corrected chi connectivity index (χ0v) is 16.0. The highest BCUT2D eigenvalue weighted by atomic mass is 35.5. The van der Waals surface area contributed by atoms with E-state index in [0.717, 1.165) is 38.7 Å². The number of hydrogen-bond acceptors (Lipinski definition) is 2. The molecule has 0 aromatic heterocycles. The minimum atomic E-state index is -4.68. The van der Waals surface area contributed by atoms with E-state index in [-0.39, 0.29) is 5.75 Å². The predicted molar refractivity (Wildman–Crippen MR) is 109 cm³/mol. The molecular formula is C23H17ClF3NO. The van der Waals surface area contributed by atoms with Crippen molar-refractivity contribution in [1.82, 2.24) is 0 Å². The summed E-state index contributed by atoms with van der Waals surface area (Å²) in [7, 11) is 0. The maximum Gasteiger partial charge on any atom is 0.573 e. The van der Waals surface area contributed by atoms with E-state index >= 15 is 0 Å². The molecule has 29 heavy (non-hydrogen) atoms. The summed E-state index contributed by atoms with van der Waals surface area (Å²) in [5.41, 5.74) is 6.04. The number of fused-ring (bicyclic) bond motifs is 1. The molecule has 1 aliphatic rings. The van der Waals surface area contributed by atoms with E-state index in [1.54, 1.807) is 12.1 Å². The van der Waals surface area contributed by atoms with Crippen LogP contribution in [-0.2, 0) is 12.8 Å². The van der Waals surface area contributed by atoms with Crippen LogP contribution >= 0.6 is 11.6 Å². The second kappa shape index (κ2) is 7.84. The Bertz CT molecular complexity index is 1040. The Morgan fingerprint density at radius 1 is 0.862 bits per heavy atom. The fraction of sp³-hybridized carbons (Fsp3) is 0.130. The van der Waals surface area contributed by atoms with Gasteiger partial charge >= 0.3 is 6.36 Å². The van der Waals surface area contributed by atoms with Crippen LogP contribution in [0.5, 0.6) is 5.75 Å². The van der Waals surface area contributed by atoms with Crippen molar-refractivity contribution in [3.05, 3.63) is 100 Å². The molecule has 0 unspecified atom stereocenters. The summed E-state index contributed by atoms with van der Waals surface area (Å²) in [6.45, 7) is 0. The van der Waals surface area contributed by atoms with E-state index < -0.39 is 6.36 Å². The van der Waals surface area contributed by atoms with Crippen molar-refractivity contribution in [3.8, 4) is 5.75 Å². The normalized spacial score (nSPS) is 13.7. The summed E-state index contributed by atoms with van der Waals surface area (Å²) >= 11 is 6.50. The van der Waals surface area contributed by atoms with Gasteiger partial charge < -0.3 is 10.1 Å². The molecule has 0 saturated heterocycles. The number of para-hydroxylation sites is 1. The monoisotopic (exact) mass is 415 g/mol. The highest BCUT2D eigenvalue weighted by Gasteiger charge is 2.30. The molecule has 1 heterocycles. The zero-order chi connectivity index (χ0) is 20.4. The van der Waals surface area contributed by atoms with Crippen LogP contribution in [0.4, 0.5) is 18.9 Å². The third-order valence-electron chi connectivity index (χ3n) is 4.70. The Balaban J connectivity index is 1.46. The number of anilines is 1. The minimum absolute atomic E-state index is 0.221. The number of halogens is 4. The van der Waals surface area contributed by atoms with Crippen molar-refractivity contribution in [3.63, 3.8) is 0 Å². The number of allylic oxidation sites excluding steroid dienone is 1. The van der Waals surface area contributed by atoms with E-state index in [2.05, 4.69) is 16.1 Å². The van der Waals surface area contributed by atoms with Gasteiger partial charge in [0.1, 0.15) is 5.75 Å². The number of nitrogens with one attached hydrogen (secondary N) is 1. The van der Waals surface area contributed by atoms with Gasteiger partial charge in [0.15, 0.2) is 0 Å². The van der Waals surface area contributed by atoms with Crippen LogP contribution < -0.4 is 10.1 Å². The van der Waals surface area contributed by atoms with Crippen LogP contribution in [0, 0.1) is 0 Å². The van der Waals surface area contributed by atoms with Crippen molar-refractivity contribution < 1.29 is 17.9 Å². The van der Waals surface area contributed by atoms with Gasteiger partial charge in [-0.2, -0.15) is 0 Å². The summed E-state index contributed by atoms with van der Waals surface area (Å²) in [4.78, 5) is 0. The average Bonchev–Trinajstić information content (AvgIpc) is 2.69. The minimum Gasteiger partial charge on any atom is -0.406 e. The van der Waals surface area contributed by atoms with Gasteiger partial charge in [-0.15, -0.1) is 13.2 Å². The lowest BCUT2D eigenvalue weighted by molar-refractivity contribution is -0.274. The second-order valence-electron chi connectivity index (χ2n) is 6.80. The zero-order valence-electron chi connectivity index (χ0n) is 15.3. The van der Waals surface area contributed by atoms with Crippen LogP contribution in [-0.4, -0.2) is 6.36 Å². The van der Waals surface area contributed by atoms with E-state index in [1.807, 2.05) is 42.5 Å². The molecule has 0 aliphatic carbocycles. The summed E-state index contributed by atoms with van der Waals surface area (Å²) in [6, 6.07) is 21.9. The van der Waals surface area contributed by atoms with Crippen molar-refractivity contribution in [2.24, 2.45) is 0 Å². The van der Waals surface area contributed by atoms with Crippen LogP contribution in [0.3, 0.4) is 0 Å². The first kappa shape index (κ1) is 19.4. The molecule has 2 nitrogen and oxygen atoms in total. The molecule has 0 radical (unpaired) electrons. The van der Waals surface area contributed by atoms with Crippen LogP contribution in [0.2, 0.25) is 0 Å². The maximum absolute atomic E-state index is 12.2. The van der Waals surface area contributed by atoms with Crippen LogP contribution in [0.25, 0.3) is 5.70 Å². The summed E-state index contributed by atoms with van der Waals surface area (Å²) in [5, 5.41) is 4.16. The molecule has 0 bridgehead atoms. The van der Waals surface area contributed by atoms with Gasteiger partial charge in [0.05, 0.1) is 5.70 Å². The topological polar surface area (TPSA) is 21.3 Å². The molecule has 6 heteroatoms. The first-order valence-electron chi connectivity index (χ1n) is 9.05. The van der Waals surface area contributed by atoms with Gasteiger partial charge in [0.25, 0.3) is 0 Å². The molecule has 4 rings (SSSR count). The van der Waals surface area contributed by atoms with Crippen molar-refractivity contribution in [1.29, 1.82) is 0 Å². The van der Waals surface area contributed by atoms with Gasteiger partial charge in [-0.3, -0.25) is 0 Å².